The number of nitrogens with zero attached hydrogens (tertiary/aromatic N) is 5. The van der Waals surface area contributed by atoms with Crippen LogP contribution in [-0.4, -0.2) is 39.4 Å². The van der Waals surface area contributed by atoms with Crippen LogP contribution in [0.1, 0.15) is 10.5 Å². The van der Waals surface area contributed by atoms with Gasteiger partial charge in [0.05, 0.1) is 12.3 Å². The lowest BCUT2D eigenvalue weighted by Crippen LogP contribution is -2.27. The Hall–Kier alpha value is -1.90. The first-order valence-corrected chi connectivity index (χ1v) is 3.64. The third-order valence-electron chi connectivity index (χ3n) is 1.48. The van der Waals surface area contributed by atoms with Gasteiger partial charge in [-0.05, 0) is 0 Å². The standard InChI is InChI=1S/C7H9N5O/c1-11(4-3-8)7(13)6-5-12(2)10-9-6/h5H,4H2,1-2H3. The Balaban J connectivity index is 2.74. The molecule has 0 aliphatic rings. The van der Waals surface area contributed by atoms with E-state index in [1.807, 2.05) is 6.07 Å². The van der Waals surface area contributed by atoms with Crippen LogP contribution >= 0.6 is 0 Å². The lowest BCUT2D eigenvalue weighted by atomic mass is 10.4. The van der Waals surface area contributed by atoms with Crippen molar-refractivity contribution in [2.24, 2.45) is 7.05 Å². The number of hydrogen-bond acceptors (Lipinski definition) is 4. The molecule has 68 valence electrons. The minimum Gasteiger partial charge on any atom is -0.327 e. The van der Waals surface area contributed by atoms with Crippen molar-refractivity contribution in [2.75, 3.05) is 13.6 Å². The number of aryl methyl sites for hydroxylation is 1. The number of carbonyl (C=O) groups excluding carboxylic acids is 1. The molecule has 1 aromatic rings. The maximum absolute atomic E-state index is 11.4. The quantitative estimate of drug-likeness (QED) is 0.569. The molecule has 0 saturated heterocycles. The molecule has 0 atom stereocenters. The zero-order valence-corrected chi connectivity index (χ0v) is 7.43. The summed E-state index contributed by atoms with van der Waals surface area (Å²) < 4.78 is 1.44. The first-order chi connectivity index (χ1) is 6.15. The number of hydrogen-bond donors (Lipinski definition) is 0. The average molecular weight is 179 g/mol. The average Bonchev–Trinajstić information content (AvgIpc) is 2.51. The SMILES string of the molecule is CN(CC#N)C(=O)c1cn(C)nn1. The third kappa shape index (κ3) is 2.02. The molecule has 0 aliphatic heterocycles. The van der Waals surface area contributed by atoms with Crippen molar-refractivity contribution < 1.29 is 4.79 Å². The zero-order chi connectivity index (χ0) is 9.84. The van der Waals surface area contributed by atoms with Gasteiger partial charge >= 0.3 is 0 Å². The number of amides is 1. The van der Waals surface area contributed by atoms with Crippen molar-refractivity contribution in [1.82, 2.24) is 19.9 Å². The van der Waals surface area contributed by atoms with Crippen LogP contribution in [0, 0.1) is 11.3 Å². The maximum Gasteiger partial charge on any atom is 0.276 e. The summed E-state index contributed by atoms with van der Waals surface area (Å²) in [6, 6.07) is 1.88. The summed E-state index contributed by atoms with van der Waals surface area (Å²) in [6.45, 7) is 0.0510. The Bertz CT molecular complexity index is 350. The van der Waals surface area contributed by atoms with Gasteiger partial charge in [0.25, 0.3) is 5.91 Å². The van der Waals surface area contributed by atoms with Crippen LogP contribution in [0.15, 0.2) is 6.20 Å². The highest BCUT2D eigenvalue weighted by Crippen LogP contribution is 1.96. The van der Waals surface area contributed by atoms with Crippen molar-refractivity contribution in [2.45, 2.75) is 0 Å². The van der Waals surface area contributed by atoms with Crippen molar-refractivity contribution in [3.05, 3.63) is 11.9 Å². The molecule has 6 nitrogen and oxygen atoms in total. The van der Waals surface area contributed by atoms with Crippen molar-refractivity contribution in [1.29, 1.82) is 5.26 Å². The molecule has 13 heavy (non-hydrogen) atoms. The van der Waals surface area contributed by atoms with Gasteiger partial charge in [0.2, 0.25) is 0 Å². The minimum atomic E-state index is -0.297. The van der Waals surface area contributed by atoms with Crippen LogP contribution < -0.4 is 0 Å². The van der Waals surface area contributed by atoms with Crippen molar-refractivity contribution >= 4 is 5.91 Å². The summed E-state index contributed by atoms with van der Waals surface area (Å²) in [5, 5.41) is 15.6. The van der Waals surface area contributed by atoms with Gasteiger partial charge in [-0.1, -0.05) is 5.21 Å². The number of rotatable bonds is 2. The highest BCUT2D eigenvalue weighted by molar-refractivity contribution is 5.91. The fraction of sp³-hybridized carbons (Fsp3) is 0.429. The van der Waals surface area contributed by atoms with Gasteiger partial charge < -0.3 is 4.90 Å². The minimum absolute atomic E-state index is 0.0510. The molecule has 0 saturated carbocycles. The molecular weight excluding hydrogens is 170 g/mol. The molecule has 0 fully saturated rings. The first-order valence-electron chi connectivity index (χ1n) is 3.64. The van der Waals surface area contributed by atoms with Gasteiger partial charge in [0, 0.05) is 14.1 Å². The fourth-order valence-corrected chi connectivity index (χ4v) is 0.819. The maximum atomic E-state index is 11.4. The molecule has 0 aromatic carbocycles. The predicted octanol–water partition coefficient (Wildman–Crippen LogP) is -0.589. The molecule has 0 spiro atoms. The van der Waals surface area contributed by atoms with Crippen molar-refractivity contribution in [3.8, 4) is 6.07 Å². The van der Waals surface area contributed by atoms with E-state index in [1.54, 1.807) is 14.1 Å². The number of carbonyl (C=O) groups is 1. The highest BCUT2D eigenvalue weighted by Gasteiger charge is 2.14. The molecule has 0 bridgehead atoms. The second-order valence-corrected chi connectivity index (χ2v) is 2.60. The third-order valence-corrected chi connectivity index (χ3v) is 1.48. The Morgan fingerprint density at radius 2 is 2.54 bits per heavy atom. The molecule has 6 heteroatoms. The van der Waals surface area contributed by atoms with E-state index in [-0.39, 0.29) is 18.1 Å². The van der Waals surface area contributed by atoms with E-state index in [9.17, 15) is 4.79 Å². The summed E-state index contributed by atoms with van der Waals surface area (Å²) in [4.78, 5) is 12.7. The van der Waals surface area contributed by atoms with Gasteiger partial charge in [-0.3, -0.25) is 9.48 Å². The van der Waals surface area contributed by atoms with E-state index < -0.39 is 0 Å². The Labute approximate surface area is 75.4 Å². The van der Waals surface area contributed by atoms with Gasteiger partial charge in [0.1, 0.15) is 6.54 Å². The second-order valence-electron chi connectivity index (χ2n) is 2.60. The number of aromatic nitrogens is 3. The van der Waals surface area contributed by atoms with E-state index in [2.05, 4.69) is 10.3 Å². The van der Waals surface area contributed by atoms with Gasteiger partial charge in [-0.25, -0.2) is 0 Å². The summed E-state index contributed by atoms with van der Waals surface area (Å²) >= 11 is 0. The van der Waals surface area contributed by atoms with Crippen LogP contribution in [0.4, 0.5) is 0 Å². The van der Waals surface area contributed by atoms with Crippen LogP contribution in [0.5, 0.6) is 0 Å². The van der Waals surface area contributed by atoms with Crippen LogP contribution in [-0.2, 0) is 7.05 Å². The summed E-state index contributed by atoms with van der Waals surface area (Å²) in [6.07, 6.45) is 1.51. The zero-order valence-electron chi connectivity index (χ0n) is 7.43. The Kier molecular flexibility index (Phi) is 2.59. The smallest absolute Gasteiger partial charge is 0.276 e. The molecule has 1 amide bonds. The number of nitriles is 1. The van der Waals surface area contributed by atoms with E-state index in [0.29, 0.717) is 0 Å². The summed E-state index contributed by atoms with van der Waals surface area (Å²) in [5.74, 6) is -0.297. The normalized spacial score (nSPS) is 9.31. The van der Waals surface area contributed by atoms with E-state index in [0.717, 1.165) is 0 Å². The largest absolute Gasteiger partial charge is 0.327 e. The van der Waals surface area contributed by atoms with E-state index in [4.69, 9.17) is 5.26 Å². The monoisotopic (exact) mass is 179 g/mol. The fourth-order valence-electron chi connectivity index (χ4n) is 0.819. The van der Waals surface area contributed by atoms with E-state index in [1.165, 1.54) is 15.8 Å². The van der Waals surface area contributed by atoms with E-state index >= 15 is 0 Å². The van der Waals surface area contributed by atoms with Gasteiger partial charge in [0.15, 0.2) is 5.69 Å². The lowest BCUT2D eigenvalue weighted by molar-refractivity contribution is 0.0806. The predicted molar refractivity (Wildman–Crippen MR) is 43.6 cm³/mol. The molecule has 1 aromatic heterocycles. The first kappa shape index (κ1) is 9.19. The van der Waals surface area contributed by atoms with Gasteiger partial charge in [-0.15, -0.1) is 5.10 Å². The molecule has 0 aliphatic carbocycles. The van der Waals surface area contributed by atoms with Crippen LogP contribution in [0.3, 0.4) is 0 Å². The molecular formula is C7H9N5O. The van der Waals surface area contributed by atoms with Crippen LogP contribution in [0.25, 0.3) is 0 Å². The second kappa shape index (κ2) is 3.67. The molecule has 0 unspecified atom stereocenters. The molecule has 0 radical (unpaired) electrons. The topological polar surface area (TPSA) is 74.8 Å². The summed E-state index contributed by atoms with van der Waals surface area (Å²) in [5.41, 5.74) is 0.250. The lowest BCUT2D eigenvalue weighted by Gasteiger charge is -2.09. The summed E-state index contributed by atoms with van der Waals surface area (Å²) in [7, 11) is 3.22. The Morgan fingerprint density at radius 3 is 3.00 bits per heavy atom. The molecule has 0 N–H and O–H groups in total. The van der Waals surface area contributed by atoms with Crippen molar-refractivity contribution in [3.63, 3.8) is 0 Å². The Morgan fingerprint density at radius 1 is 1.85 bits per heavy atom. The molecule has 1 heterocycles. The molecule has 1 rings (SSSR count). The van der Waals surface area contributed by atoms with Gasteiger partial charge in [-0.2, -0.15) is 5.26 Å². The van der Waals surface area contributed by atoms with Crippen LogP contribution in [0.2, 0.25) is 0 Å². The highest BCUT2D eigenvalue weighted by atomic mass is 16.2.